The average molecular weight is 403 g/mol. The number of hydrogen-bond acceptors (Lipinski definition) is 4. The Hall–Kier alpha value is -1.19. The van der Waals surface area contributed by atoms with Gasteiger partial charge in [-0.2, -0.15) is 0 Å². The number of carbonyl (C=O) groups excluding carboxylic acids is 3. The van der Waals surface area contributed by atoms with Crippen molar-refractivity contribution in [1.82, 2.24) is 0 Å². The van der Waals surface area contributed by atoms with Gasteiger partial charge in [-0.3, -0.25) is 14.4 Å². The second-order valence-electron chi connectivity index (χ2n) is 11.1. The first-order valence-corrected chi connectivity index (χ1v) is 11.8. The molecule has 4 fully saturated rings. The standard InChI is InChI=1S/C25H38O4/c1-15(5-10-23(28)29-4)19-8-9-20-18-7-6-16-13-17(26)11-12-24(16,2)21(18)14-22(27)25(19,20)3/h15-16,18-21H,5-14H2,1-4H3/t15-,16+,18+,19+,20+,21+,24-,25+/m0/s1. The highest BCUT2D eigenvalue weighted by Gasteiger charge is 2.63. The van der Waals surface area contributed by atoms with E-state index >= 15 is 0 Å². The molecule has 0 N–H and O–H groups in total. The van der Waals surface area contributed by atoms with E-state index in [1.807, 2.05) is 0 Å². The highest BCUT2D eigenvalue weighted by Crippen LogP contribution is 2.67. The molecule has 0 spiro atoms. The summed E-state index contributed by atoms with van der Waals surface area (Å²) in [6.07, 6.45) is 9.00. The predicted octanol–water partition coefficient (Wildman–Crippen LogP) is 4.98. The zero-order valence-corrected chi connectivity index (χ0v) is 18.7. The fraction of sp³-hybridized carbons (Fsp3) is 0.880. The maximum Gasteiger partial charge on any atom is 0.305 e. The van der Waals surface area contributed by atoms with Gasteiger partial charge in [0.25, 0.3) is 0 Å². The number of esters is 1. The van der Waals surface area contributed by atoms with Crippen molar-refractivity contribution in [3.05, 3.63) is 0 Å². The van der Waals surface area contributed by atoms with Crippen LogP contribution in [0.2, 0.25) is 0 Å². The third-order valence-electron chi connectivity index (χ3n) is 10.1. The third-order valence-corrected chi connectivity index (χ3v) is 10.1. The molecular formula is C25H38O4. The van der Waals surface area contributed by atoms with Crippen molar-refractivity contribution in [3.63, 3.8) is 0 Å². The summed E-state index contributed by atoms with van der Waals surface area (Å²) in [7, 11) is 1.44. The summed E-state index contributed by atoms with van der Waals surface area (Å²) in [6, 6.07) is 0. The van der Waals surface area contributed by atoms with Crippen molar-refractivity contribution >= 4 is 17.5 Å². The first-order chi connectivity index (χ1) is 13.7. The summed E-state index contributed by atoms with van der Waals surface area (Å²) in [6.45, 7) is 6.87. The van der Waals surface area contributed by atoms with Gasteiger partial charge >= 0.3 is 5.97 Å². The van der Waals surface area contributed by atoms with Crippen molar-refractivity contribution in [1.29, 1.82) is 0 Å². The molecule has 0 aromatic heterocycles. The summed E-state index contributed by atoms with van der Waals surface area (Å²) in [5.41, 5.74) is -0.0627. The molecule has 4 aliphatic carbocycles. The maximum absolute atomic E-state index is 13.7. The molecule has 0 amide bonds. The van der Waals surface area contributed by atoms with E-state index < -0.39 is 0 Å². The summed E-state index contributed by atoms with van der Waals surface area (Å²) in [5.74, 6) is 3.55. The minimum Gasteiger partial charge on any atom is -0.469 e. The zero-order chi connectivity index (χ0) is 21.0. The van der Waals surface area contributed by atoms with Gasteiger partial charge in [-0.1, -0.05) is 20.8 Å². The lowest BCUT2D eigenvalue weighted by molar-refractivity contribution is -0.159. The Labute approximate surface area is 175 Å². The lowest BCUT2D eigenvalue weighted by Gasteiger charge is -2.59. The smallest absolute Gasteiger partial charge is 0.305 e. The van der Waals surface area contributed by atoms with E-state index in [4.69, 9.17) is 4.74 Å². The van der Waals surface area contributed by atoms with Crippen LogP contribution in [0.25, 0.3) is 0 Å². The van der Waals surface area contributed by atoms with Gasteiger partial charge < -0.3 is 4.74 Å². The fourth-order valence-corrected chi connectivity index (χ4v) is 8.34. The van der Waals surface area contributed by atoms with Crippen LogP contribution in [0.1, 0.15) is 85.0 Å². The second-order valence-corrected chi connectivity index (χ2v) is 11.1. The number of carbonyl (C=O) groups is 3. The van der Waals surface area contributed by atoms with Gasteiger partial charge in [-0.25, -0.2) is 0 Å². The molecule has 29 heavy (non-hydrogen) atoms. The first-order valence-electron chi connectivity index (χ1n) is 11.8. The number of rotatable bonds is 4. The molecule has 0 aromatic carbocycles. The molecule has 0 aliphatic heterocycles. The second kappa shape index (κ2) is 7.50. The van der Waals surface area contributed by atoms with Gasteiger partial charge in [-0.05, 0) is 79.4 Å². The maximum atomic E-state index is 13.7. The van der Waals surface area contributed by atoms with Crippen LogP contribution in [0.15, 0.2) is 0 Å². The Bertz CT molecular complexity index is 699. The zero-order valence-electron chi connectivity index (χ0n) is 18.7. The van der Waals surface area contributed by atoms with Gasteiger partial charge in [-0.15, -0.1) is 0 Å². The van der Waals surface area contributed by atoms with Crippen LogP contribution in [-0.2, 0) is 19.1 Å². The third kappa shape index (κ3) is 3.20. The monoisotopic (exact) mass is 402 g/mol. The van der Waals surface area contributed by atoms with Crippen molar-refractivity contribution in [3.8, 4) is 0 Å². The van der Waals surface area contributed by atoms with E-state index in [0.29, 0.717) is 66.3 Å². The number of fused-ring (bicyclic) bond motifs is 5. The summed E-state index contributed by atoms with van der Waals surface area (Å²) in [4.78, 5) is 37.4. The Kier molecular flexibility index (Phi) is 5.44. The molecule has 4 aliphatic rings. The summed E-state index contributed by atoms with van der Waals surface area (Å²) < 4.78 is 4.83. The molecule has 0 bridgehead atoms. The van der Waals surface area contributed by atoms with E-state index in [1.54, 1.807) is 0 Å². The van der Waals surface area contributed by atoms with Crippen LogP contribution in [0.4, 0.5) is 0 Å². The van der Waals surface area contributed by atoms with E-state index in [-0.39, 0.29) is 16.8 Å². The van der Waals surface area contributed by atoms with Crippen LogP contribution >= 0.6 is 0 Å². The number of ketones is 2. The summed E-state index contributed by atoms with van der Waals surface area (Å²) in [5, 5.41) is 0. The minimum atomic E-state index is -0.232. The van der Waals surface area contributed by atoms with Gasteiger partial charge in [0, 0.05) is 31.1 Å². The largest absolute Gasteiger partial charge is 0.469 e. The number of methoxy groups -OCH3 is 1. The van der Waals surface area contributed by atoms with Crippen LogP contribution < -0.4 is 0 Å². The number of ether oxygens (including phenoxy) is 1. The van der Waals surface area contributed by atoms with Crippen LogP contribution in [0.5, 0.6) is 0 Å². The number of hydrogen-bond donors (Lipinski definition) is 0. The molecule has 4 heteroatoms. The Morgan fingerprint density at radius 2 is 1.86 bits per heavy atom. The molecule has 0 saturated heterocycles. The van der Waals surface area contributed by atoms with Gasteiger partial charge in [0.15, 0.2) is 0 Å². The van der Waals surface area contributed by atoms with Crippen molar-refractivity contribution in [2.24, 2.45) is 46.3 Å². The topological polar surface area (TPSA) is 60.4 Å². The molecule has 0 radical (unpaired) electrons. The molecule has 4 rings (SSSR count). The molecule has 0 aromatic rings. The number of Topliss-reactive ketones (excluding diaryl/α,β-unsaturated/α-hetero) is 2. The van der Waals surface area contributed by atoms with Crippen LogP contribution in [0.3, 0.4) is 0 Å². The van der Waals surface area contributed by atoms with Crippen molar-refractivity contribution < 1.29 is 19.1 Å². The van der Waals surface area contributed by atoms with Gasteiger partial charge in [0.05, 0.1) is 7.11 Å². The average Bonchev–Trinajstić information content (AvgIpc) is 3.06. The molecule has 8 atom stereocenters. The molecule has 4 saturated carbocycles. The fourth-order valence-electron chi connectivity index (χ4n) is 8.34. The van der Waals surface area contributed by atoms with E-state index in [1.165, 1.54) is 13.5 Å². The van der Waals surface area contributed by atoms with E-state index in [2.05, 4.69) is 20.8 Å². The first kappa shape index (κ1) is 21.1. The molecule has 0 heterocycles. The molecule has 0 unspecified atom stereocenters. The molecule has 4 nitrogen and oxygen atoms in total. The van der Waals surface area contributed by atoms with E-state index in [9.17, 15) is 14.4 Å². The SMILES string of the molecule is COC(=O)CC[C@H](C)[C@H]1CC[C@@H]2[C@H]3CC[C@@H]4CC(=O)CC[C@]4(C)[C@@H]3CC(=O)[C@@]21C. The Balaban J connectivity index is 1.55. The molecular weight excluding hydrogens is 364 g/mol. The Morgan fingerprint density at radius 1 is 1.10 bits per heavy atom. The highest BCUT2D eigenvalue weighted by atomic mass is 16.5. The normalized spacial score (nSPS) is 45.2. The molecule has 162 valence electrons. The lowest BCUT2D eigenvalue weighted by atomic mass is 9.44. The highest BCUT2D eigenvalue weighted by molar-refractivity contribution is 5.87. The quantitative estimate of drug-likeness (QED) is 0.622. The van der Waals surface area contributed by atoms with Crippen LogP contribution in [0, 0.1) is 46.3 Å². The van der Waals surface area contributed by atoms with Gasteiger partial charge in [0.2, 0.25) is 0 Å². The summed E-state index contributed by atoms with van der Waals surface area (Å²) >= 11 is 0. The van der Waals surface area contributed by atoms with Crippen LogP contribution in [-0.4, -0.2) is 24.6 Å². The Morgan fingerprint density at radius 3 is 2.59 bits per heavy atom. The van der Waals surface area contributed by atoms with E-state index in [0.717, 1.165) is 38.5 Å². The van der Waals surface area contributed by atoms with Crippen molar-refractivity contribution in [2.45, 2.75) is 85.0 Å². The lowest BCUT2D eigenvalue weighted by Crippen LogP contribution is -2.57. The van der Waals surface area contributed by atoms with Crippen molar-refractivity contribution in [2.75, 3.05) is 7.11 Å². The predicted molar refractivity (Wildman–Crippen MR) is 111 cm³/mol. The minimum absolute atomic E-state index is 0.148. The van der Waals surface area contributed by atoms with Gasteiger partial charge in [0.1, 0.15) is 11.6 Å².